The molecule has 5 heteroatoms. The maximum atomic E-state index is 12.9. The minimum Gasteiger partial charge on any atom is -0.371 e. The summed E-state index contributed by atoms with van der Waals surface area (Å²) in [6.45, 7) is 15.8. The highest BCUT2D eigenvalue weighted by molar-refractivity contribution is 5.40. The van der Waals surface area contributed by atoms with E-state index in [0.717, 1.165) is 22.8 Å². The molecule has 0 spiro atoms. The summed E-state index contributed by atoms with van der Waals surface area (Å²) in [7, 11) is 5.65. The summed E-state index contributed by atoms with van der Waals surface area (Å²) >= 11 is 0. The molecule has 2 aromatic heterocycles. The molecule has 0 bridgehead atoms. The van der Waals surface area contributed by atoms with Gasteiger partial charge in [-0.2, -0.15) is 0 Å². The number of pyridine rings is 2. The van der Waals surface area contributed by atoms with E-state index in [1.807, 2.05) is 73.5 Å². The van der Waals surface area contributed by atoms with Gasteiger partial charge in [0.15, 0.2) is 11.6 Å². The average Bonchev–Trinajstić information content (AvgIpc) is 2.64. The van der Waals surface area contributed by atoms with Crippen LogP contribution in [0.3, 0.4) is 0 Å². The van der Waals surface area contributed by atoms with Crippen LogP contribution in [0.5, 0.6) is 0 Å². The summed E-state index contributed by atoms with van der Waals surface area (Å²) in [5.41, 5.74) is 4.09. The molecule has 0 saturated heterocycles. The van der Waals surface area contributed by atoms with Crippen molar-refractivity contribution >= 4 is 11.6 Å². The Kier molecular flexibility index (Phi) is 14.1. The zero-order valence-corrected chi connectivity index (χ0v) is 18.5. The molecule has 0 aliphatic carbocycles. The Morgan fingerprint density at radius 3 is 1.77 bits per heavy atom. The summed E-state index contributed by atoms with van der Waals surface area (Å²) < 4.78 is 12.9. The Morgan fingerprint density at radius 2 is 1.35 bits per heavy atom. The number of aromatic nitrogens is 2. The first-order chi connectivity index (χ1) is 12.3. The lowest BCUT2D eigenvalue weighted by Gasteiger charge is -2.12. The van der Waals surface area contributed by atoms with E-state index in [1.54, 1.807) is 7.05 Å². The van der Waals surface area contributed by atoms with Gasteiger partial charge >= 0.3 is 0 Å². The lowest BCUT2D eigenvalue weighted by Crippen LogP contribution is -2.11. The maximum Gasteiger partial charge on any atom is 0.165 e. The molecule has 0 amide bonds. The molecule has 2 rings (SSSR count). The van der Waals surface area contributed by atoms with Crippen LogP contribution in [-0.2, 0) is 0 Å². The Hall–Kier alpha value is -2.17. The summed E-state index contributed by atoms with van der Waals surface area (Å²) in [6.07, 6.45) is 0. The van der Waals surface area contributed by atoms with Gasteiger partial charge in [0.05, 0.1) is 0 Å². The molecule has 0 unspecified atom stereocenters. The fraction of sp³-hybridized carbons (Fsp3) is 0.524. The van der Waals surface area contributed by atoms with Crippen LogP contribution < -0.4 is 10.2 Å². The lowest BCUT2D eigenvalue weighted by molar-refractivity contribution is 0.623. The summed E-state index contributed by atoms with van der Waals surface area (Å²) in [5, 5.41) is 2.68. The van der Waals surface area contributed by atoms with Gasteiger partial charge in [-0.3, -0.25) is 0 Å². The molecule has 0 aliphatic heterocycles. The van der Waals surface area contributed by atoms with Crippen molar-refractivity contribution in [2.45, 2.75) is 55.4 Å². The van der Waals surface area contributed by atoms with Crippen LogP contribution >= 0.6 is 0 Å². The molecule has 26 heavy (non-hydrogen) atoms. The van der Waals surface area contributed by atoms with E-state index in [9.17, 15) is 4.39 Å². The molecule has 0 aliphatic rings. The molecule has 2 heterocycles. The molecular weight excluding hydrogens is 327 g/mol. The van der Waals surface area contributed by atoms with Crippen molar-refractivity contribution in [3.63, 3.8) is 0 Å². The van der Waals surface area contributed by atoms with E-state index in [2.05, 4.69) is 28.3 Å². The van der Waals surface area contributed by atoms with Crippen molar-refractivity contribution < 1.29 is 4.39 Å². The van der Waals surface area contributed by atoms with E-state index >= 15 is 0 Å². The molecule has 0 radical (unpaired) electrons. The second kappa shape index (κ2) is 14.0. The van der Waals surface area contributed by atoms with Gasteiger partial charge in [0.25, 0.3) is 0 Å². The van der Waals surface area contributed by atoms with Gasteiger partial charge < -0.3 is 10.2 Å². The first kappa shape index (κ1) is 26.1. The van der Waals surface area contributed by atoms with Gasteiger partial charge in [-0.05, 0) is 51.0 Å². The van der Waals surface area contributed by atoms with Gasteiger partial charge in [0, 0.05) is 32.5 Å². The fourth-order valence-corrected chi connectivity index (χ4v) is 1.71. The summed E-state index contributed by atoms with van der Waals surface area (Å²) in [4.78, 5) is 10.4. The van der Waals surface area contributed by atoms with Crippen molar-refractivity contribution in [3.05, 3.63) is 46.5 Å². The van der Waals surface area contributed by atoms with E-state index in [-0.39, 0.29) is 5.82 Å². The Balaban J connectivity index is 0. The van der Waals surface area contributed by atoms with Crippen molar-refractivity contribution in [3.8, 4) is 0 Å². The minimum absolute atomic E-state index is 0.296. The van der Waals surface area contributed by atoms with Gasteiger partial charge in [-0.15, -0.1) is 0 Å². The van der Waals surface area contributed by atoms with E-state index in [4.69, 9.17) is 0 Å². The average molecular weight is 365 g/mol. The predicted molar refractivity (Wildman–Crippen MR) is 114 cm³/mol. The Bertz CT molecular complexity index is 640. The van der Waals surface area contributed by atoms with Gasteiger partial charge in [0.2, 0.25) is 0 Å². The number of hydrogen-bond acceptors (Lipinski definition) is 4. The van der Waals surface area contributed by atoms with Gasteiger partial charge in [-0.1, -0.05) is 33.8 Å². The predicted octanol–water partition coefficient (Wildman–Crippen LogP) is 5.70. The highest BCUT2D eigenvalue weighted by Gasteiger charge is 2.03. The summed E-state index contributed by atoms with van der Waals surface area (Å²) in [5.74, 6) is 1.04. The van der Waals surface area contributed by atoms with Gasteiger partial charge in [0.1, 0.15) is 5.82 Å². The SMILES string of the molecule is CC.CC.CNc1nc(C)c(C)cc1F.Cc1ccc(N(C)C)nc1C. The van der Waals surface area contributed by atoms with E-state index in [1.165, 1.54) is 11.6 Å². The van der Waals surface area contributed by atoms with Crippen LogP contribution in [-0.4, -0.2) is 31.1 Å². The first-order valence-corrected chi connectivity index (χ1v) is 9.19. The number of nitrogens with one attached hydrogen (secondary N) is 1. The van der Waals surface area contributed by atoms with Crippen molar-refractivity contribution in [1.29, 1.82) is 0 Å². The van der Waals surface area contributed by atoms with Gasteiger partial charge in [-0.25, -0.2) is 14.4 Å². The second-order valence-electron chi connectivity index (χ2n) is 5.44. The van der Waals surface area contributed by atoms with Crippen LogP contribution in [0.15, 0.2) is 18.2 Å². The minimum atomic E-state index is -0.296. The van der Waals surface area contributed by atoms with Crippen LogP contribution in [0, 0.1) is 33.5 Å². The number of halogens is 1. The molecular formula is C21H37FN4. The Morgan fingerprint density at radius 1 is 0.846 bits per heavy atom. The monoisotopic (exact) mass is 364 g/mol. The van der Waals surface area contributed by atoms with Crippen LogP contribution in [0.4, 0.5) is 16.0 Å². The molecule has 0 fully saturated rings. The summed E-state index contributed by atoms with van der Waals surface area (Å²) in [6, 6.07) is 5.61. The molecule has 2 aromatic rings. The normalized spacial score (nSPS) is 8.77. The van der Waals surface area contributed by atoms with Crippen LogP contribution in [0.1, 0.15) is 50.2 Å². The van der Waals surface area contributed by atoms with Crippen LogP contribution in [0.2, 0.25) is 0 Å². The van der Waals surface area contributed by atoms with Crippen molar-refractivity contribution in [2.24, 2.45) is 0 Å². The van der Waals surface area contributed by atoms with Crippen molar-refractivity contribution in [2.75, 3.05) is 31.4 Å². The number of rotatable bonds is 2. The smallest absolute Gasteiger partial charge is 0.165 e. The Labute approximate surface area is 159 Å². The number of anilines is 2. The molecule has 0 atom stereocenters. The molecule has 4 nitrogen and oxygen atoms in total. The fourth-order valence-electron chi connectivity index (χ4n) is 1.71. The van der Waals surface area contributed by atoms with Crippen molar-refractivity contribution in [1.82, 2.24) is 9.97 Å². The zero-order chi connectivity index (χ0) is 20.9. The number of hydrogen-bond donors (Lipinski definition) is 1. The van der Waals surface area contributed by atoms with Crippen LogP contribution in [0.25, 0.3) is 0 Å². The highest BCUT2D eigenvalue weighted by atomic mass is 19.1. The lowest BCUT2D eigenvalue weighted by atomic mass is 10.2. The second-order valence-corrected chi connectivity index (χ2v) is 5.44. The molecule has 1 N–H and O–H groups in total. The standard InChI is InChI=1S/C9H14N2.C8H11FN2.2C2H6/c1-7-5-6-9(11(3)4)10-8(7)2;1-5-4-7(9)8(10-3)11-6(5)2;2*1-2/h5-6H,1-4H3;4H,1-3H3,(H,10,11);2*1-2H3. The number of aryl methyl sites for hydroxylation is 4. The topological polar surface area (TPSA) is 41.1 Å². The third-order valence-electron chi connectivity index (χ3n) is 3.45. The first-order valence-electron chi connectivity index (χ1n) is 9.19. The highest BCUT2D eigenvalue weighted by Crippen LogP contribution is 2.13. The van der Waals surface area contributed by atoms with E-state index < -0.39 is 0 Å². The maximum absolute atomic E-state index is 12.9. The van der Waals surface area contributed by atoms with E-state index in [0.29, 0.717) is 5.82 Å². The third-order valence-corrected chi connectivity index (χ3v) is 3.45. The largest absolute Gasteiger partial charge is 0.371 e. The molecule has 148 valence electrons. The molecule has 0 saturated carbocycles. The molecule has 0 aromatic carbocycles. The number of nitrogens with zero attached hydrogens (tertiary/aromatic N) is 3. The zero-order valence-electron chi connectivity index (χ0n) is 18.5. The quantitative estimate of drug-likeness (QED) is 0.742. The third kappa shape index (κ3) is 8.79.